The van der Waals surface area contributed by atoms with Crippen LogP contribution in [-0.4, -0.2) is 25.2 Å². The highest BCUT2D eigenvalue weighted by Gasteiger charge is 2.34. The molecular weight excluding hydrogens is 567 g/mol. The van der Waals surface area contributed by atoms with Gasteiger partial charge in [0.1, 0.15) is 5.82 Å². The minimum atomic E-state index is -4.83. The third-order valence-electron chi connectivity index (χ3n) is 6.27. The average molecular weight is 589 g/mol. The summed E-state index contributed by atoms with van der Waals surface area (Å²) in [7, 11) is -3.68. The molecule has 38 heavy (non-hydrogen) atoms. The van der Waals surface area contributed by atoms with Gasteiger partial charge in [0.25, 0.3) is 0 Å². The molecule has 3 aromatic carbocycles. The summed E-state index contributed by atoms with van der Waals surface area (Å²) in [6.07, 6.45) is -4.82. The van der Waals surface area contributed by atoms with Gasteiger partial charge in [-0.15, -0.1) is 0 Å². The van der Waals surface area contributed by atoms with E-state index in [4.69, 9.17) is 23.2 Å². The van der Waals surface area contributed by atoms with Crippen LogP contribution in [0.5, 0.6) is 0 Å². The van der Waals surface area contributed by atoms with Gasteiger partial charge in [-0.1, -0.05) is 47.5 Å². The third kappa shape index (κ3) is 6.31. The first-order valence-electron chi connectivity index (χ1n) is 11.4. The highest BCUT2D eigenvalue weighted by atomic mass is 35.5. The van der Waals surface area contributed by atoms with Crippen molar-refractivity contribution in [1.29, 1.82) is 0 Å². The Bertz CT molecular complexity index is 1510. The Hall–Kier alpha value is -2.66. The fourth-order valence-corrected chi connectivity index (χ4v) is 6.17. The SMILES string of the molecule is Cc1ccc2c(c1NC(=O)Cc1ccc(C(F)(F)F)c(F)c1)CCN(S(=O)(=O)Cc1ccc(Cl)c(Cl)c1)C2. The number of amides is 1. The van der Waals surface area contributed by atoms with Gasteiger partial charge in [0, 0.05) is 18.8 Å². The minimum absolute atomic E-state index is 0.0926. The normalized spacial score (nSPS) is 14.3. The van der Waals surface area contributed by atoms with Gasteiger partial charge in [0.2, 0.25) is 15.9 Å². The second kappa shape index (κ2) is 10.8. The summed E-state index contributed by atoms with van der Waals surface area (Å²) >= 11 is 11.9. The Kier molecular flexibility index (Phi) is 8.09. The summed E-state index contributed by atoms with van der Waals surface area (Å²) in [4.78, 5) is 12.7. The molecule has 1 aliphatic heterocycles. The summed E-state index contributed by atoms with van der Waals surface area (Å²) in [6, 6.07) is 10.6. The first kappa shape index (κ1) is 28.4. The summed E-state index contributed by atoms with van der Waals surface area (Å²) in [5.41, 5.74) is 1.95. The molecule has 0 radical (unpaired) electrons. The van der Waals surface area contributed by atoms with E-state index in [0.717, 1.165) is 22.8 Å². The molecule has 0 spiro atoms. The number of nitrogens with zero attached hydrogens (tertiary/aromatic N) is 1. The van der Waals surface area contributed by atoms with E-state index in [1.165, 1.54) is 16.4 Å². The molecule has 0 bridgehead atoms. The number of halogens is 6. The molecule has 0 saturated heterocycles. The molecule has 0 fully saturated rings. The van der Waals surface area contributed by atoms with Gasteiger partial charge in [0.05, 0.1) is 27.8 Å². The van der Waals surface area contributed by atoms with E-state index < -0.39 is 33.5 Å². The zero-order chi connectivity index (χ0) is 27.8. The van der Waals surface area contributed by atoms with Crippen molar-refractivity contribution in [3.8, 4) is 0 Å². The average Bonchev–Trinajstić information content (AvgIpc) is 2.82. The van der Waals surface area contributed by atoms with Gasteiger partial charge in [-0.2, -0.15) is 17.5 Å². The van der Waals surface area contributed by atoms with Crippen LogP contribution in [0.1, 0.15) is 33.4 Å². The Morgan fingerprint density at radius 1 is 1.03 bits per heavy atom. The standard InChI is InChI=1S/C26H22Cl2F4N2O3S/c1-15-2-5-18-13-34(38(36,37)14-17-4-7-21(27)22(28)10-17)9-8-19(18)25(15)33-24(35)12-16-3-6-20(23(29)11-16)26(30,31)32/h2-7,10-11H,8-9,12-14H2,1H3,(H,33,35). The molecule has 1 aliphatic rings. The second-order valence-electron chi connectivity index (χ2n) is 9.02. The van der Waals surface area contributed by atoms with E-state index >= 15 is 0 Å². The maximum Gasteiger partial charge on any atom is 0.419 e. The quantitative estimate of drug-likeness (QED) is 0.333. The van der Waals surface area contributed by atoms with Crippen LogP contribution in [0.2, 0.25) is 10.0 Å². The smallest absolute Gasteiger partial charge is 0.325 e. The van der Waals surface area contributed by atoms with E-state index in [0.29, 0.717) is 34.8 Å². The largest absolute Gasteiger partial charge is 0.419 e. The van der Waals surface area contributed by atoms with Crippen LogP contribution in [0.3, 0.4) is 0 Å². The Morgan fingerprint density at radius 2 is 1.74 bits per heavy atom. The Labute approximate surface area is 227 Å². The molecule has 3 aromatic rings. The number of anilines is 1. The predicted octanol–water partition coefficient (Wildman–Crippen LogP) is 6.53. The molecule has 0 atom stereocenters. The van der Waals surface area contributed by atoms with E-state index in [-0.39, 0.29) is 35.8 Å². The van der Waals surface area contributed by atoms with E-state index in [1.54, 1.807) is 25.1 Å². The van der Waals surface area contributed by atoms with Gasteiger partial charge in [0.15, 0.2) is 0 Å². The lowest BCUT2D eigenvalue weighted by Crippen LogP contribution is -2.37. The van der Waals surface area contributed by atoms with Crippen molar-refractivity contribution in [3.63, 3.8) is 0 Å². The van der Waals surface area contributed by atoms with E-state index in [1.807, 2.05) is 0 Å². The third-order valence-corrected chi connectivity index (χ3v) is 8.81. The summed E-state index contributed by atoms with van der Waals surface area (Å²) in [5.74, 6) is -2.23. The van der Waals surface area contributed by atoms with Crippen LogP contribution < -0.4 is 5.32 Å². The van der Waals surface area contributed by atoms with Crippen molar-refractivity contribution in [2.45, 2.75) is 38.2 Å². The molecule has 12 heteroatoms. The summed E-state index contributed by atoms with van der Waals surface area (Å²) in [5, 5.41) is 3.37. The van der Waals surface area contributed by atoms with Gasteiger partial charge < -0.3 is 5.32 Å². The molecular formula is C26H22Cl2F4N2O3S. The maximum atomic E-state index is 13.9. The number of nitrogens with one attached hydrogen (secondary N) is 1. The lowest BCUT2D eigenvalue weighted by Gasteiger charge is -2.30. The van der Waals surface area contributed by atoms with Crippen molar-refractivity contribution < 1.29 is 30.8 Å². The van der Waals surface area contributed by atoms with Crippen molar-refractivity contribution in [2.75, 3.05) is 11.9 Å². The van der Waals surface area contributed by atoms with E-state index in [2.05, 4.69) is 5.32 Å². The van der Waals surface area contributed by atoms with Crippen molar-refractivity contribution in [3.05, 3.63) is 97.8 Å². The number of hydrogen-bond donors (Lipinski definition) is 1. The molecule has 1 amide bonds. The fraction of sp³-hybridized carbons (Fsp3) is 0.269. The zero-order valence-corrected chi connectivity index (χ0v) is 22.3. The number of sulfonamides is 1. The van der Waals surface area contributed by atoms with Gasteiger partial charge in [-0.25, -0.2) is 12.8 Å². The topological polar surface area (TPSA) is 66.5 Å². The highest BCUT2D eigenvalue weighted by molar-refractivity contribution is 7.88. The number of hydrogen-bond acceptors (Lipinski definition) is 3. The molecule has 4 rings (SSSR count). The number of carbonyl (C=O) groups excluding carboxylic acids is 1. The van der Waals surface area contributed by atoms with Crippen LogP contribution in [0, 0.1) is 12.7 Å². The molecule has 0 aromatic heterocycles. The zero-order valence-electron chi connectivity index (χ0n) is 20.0. The number of rotatable bonds is 6. The molecule has 5 nitrogen and oxygen atoms in total. The van der Waals surface area contributed by atoms with E-state index in [9.17, 15) is 30.8 Å². The minimum Gasteiger partial charge on any atom is -0.325 e. The van der Waals surface area contributed by atoms with Crippen molar-refractivity contribution >= 4 is 44.8 Å². The Balaban J connectivity index is 1.49. The second-order valence-corrected chi connectivity index (χ2v) is 11.8. The highest BCUT2D eigenvalue weighted by Crippen LogP contribution is 2.33. The monoisotopic (exact) mass is 588 g/mol. The lowest BCUT2D eigenvalue weighted by atomic mass is 9.95. The van der Waals surface area contributed by atoms with Gasteiger partial charge in [-0.05, 0) is 65.4 Å². The summed E-state index contributed by atoms with van der Waals surface area (Å²) < 4.78 is 79.9. The van der Waals surface area contributed by atoms with Gasteiger partial charge in [-0.3, -0.25) is 4.79 Å². The lowest BCUT2D eigenvalue weighted by molar-refractivity contribution is -0.140. The van der Waals surface area contributed by atoms with Gasteiger partial charge >= 0.3 is 6.18 Å². The first-order valence-corrected chi connectivity index (χ1v) is 13.8. The molecule has 1 heterocycles. The van der Waals surface area contributed by atoms with Crippen molar-refractivity contribution in [1.82, 2.24) is 4.31 Å². The molecule has 202 valence electrons. The number of aryl methyl sites for hydroxylation is 1. The predicted molar refractivity (Wildman–Crippen MR) is 138 cm³/mol. The van der Waals surface area contributed by atoms with Crippen LogP contribution in [0.15, 0.2) is 48.5 Å². The fourth-order valence-electron chi connectivity index (χ4n) is 4.36. The summed E-state index contributed by atoms with van der Waals surface area (Å²) in [6.45, 7) is 2.07. The number of fused-ring (bicyclic) bond motifs is 1. The molecule has 0 saturated carbocycles. The van der Waals surface area contributed by atoms with Crippen molar-refractivity contribution in [2.24, 2.45) is 0 Å². The molecule has 0 unspecified atom stereocenters. The first-order chi connectivity index (χ1) is 17.7. The number of carbonyl (C=O) groups is 1. The van der Waals surface area contributed by atoms with Crippen LogP contribution in [0.25, 0.3) is 0 Å². The molecule has 0 aliphatic carbocycles. The number of benzene rings is 3. The number of alkyl halides is 3. The van der Waals surface area contributed by atoms with Crippen LogP contribution in [0.4, 0.5) is 23.2 Å². The van der Waals surface area contributed by atoms with Crippen LogP contribution >= 0.6 is 23.2 Å². The molecule has 1 N–H and O–H groups in total. The van der Waals surface area contributed by atoms with Crippen LogP contribution in [-0.2, 0) is 46.1 Å². The Morgan fingerprint density at radius 3 is 2.39 bits per heavy atom. The maximum absolute atomic E-state index is 13.9.